The first-order valence-corrected chi connectivity index (χ1v) is 8.85. The van der Waals surface area contributed by atoms with Gasteiger partial charge >= 0.3 is 0 Å². The maximum Gasteiger partial charge on any atom is 0.224 e. The van der Waals surface area contributed by atoms with Gasteiger partial charge in [0.1, 0.15) is 17.5 Å². The SMILES string of the molecule is O=C(CCc1cc(F)ccc1F)Nc1ccc(-c2n[nH]c(C3CC3)n2)cc1. The first-order valence-electron chi connectivity index (χ1n) is 8.85. The van der Waals surface area contributed by atoms with Gasteiger partial charge in [-0.2, -0.15) is 5.10 Å². The average Bonchev–Trinajstić information content (AvgIpc) is 3.40. The predicted molar refractivity (Wildman–Crippen MR) is 97.1 cm³/mol. The number of benzene rings is 2. The number of carbonyl (C=O) groups excluding carboxylic acids is 1. The molecule has 1 aliphatic rings. The molecule has 1 saturated carbocycles. The van der Waals surface area contributed by atoms with E-state index in [0.717, 1.165) is 42.4 Å². The molecule has 7 heteroatoms. The smallest absolute Gasteiger partial charge is 0.224 e. The standard InChI is InChI=1S/C20H18F2N4O/c21-15-6-9-17(22)14(11-15)5-10-18(27)23-16-7-3-13(4-8-16)20-24-19(25-26-20)12-1-2-12/h3-4,6-9,11-12H,1-2,5,10H2,(H,23,27)(H,24,25,26). The zero-order chi connectivity index (χ0) is 18.8. The second-order valence-corrected chi connectivity index (χ2v) is 6.68. The molecule has 0 unspecified atom stereocenters. The van der Waals surface area contributed by atoms with Crippen LogP contribution in [0.25, 0.3) is 11.4 Å². The zero-order valence-electron chi connectivity index (χ0n) is 14.5. The highest BCUT2D eigenvalue weighted by Gasteiger charge is 2.27. The maximum absolute atomic E-state index is 13.6. The molecule has 0 aliphatic heterocycles. The molecule has 138 valence electrons. The van der Waals surface area contributed by atoms with E-state index in [9.17, 15) is 13.6 Å². The Hall–Kier alpha value is -3.09. The number of nitrogens with one attached hydrogen (secondary N) is 2. The zero-order valence-corrected chi connectivity index (χ0v) is 14.5. The molecule has 2 aromatic carbocycles. The van der Waals surface area contributed by atoms with Gasteiger partial charge in [0.2, 0.25) is 5.91 Å². The van der Waals surface area contributed by atoms with E-state index in [1.165, 1.54) is 0 Å². The van der Waals surface area contributed by atoms with Crippen LogP contribution in [-0.2, 0) is 11.2 Å². The summed E-state index contributed by atoms with van der Waals surface area (Å²) in [7, 11) is 0. The van der Waals surface area contributed by atoms with Crippen molar-refractivity contribution in [2.45, 2.75) is 31.6 Å². The van der Waals surface area contributed by atoms with E-state index in [1.54, 1.807) is 12.1 Å². The molecule has 5 nitrogen and oxygen atoms in total. The quantitative estimate of drug-likeness (QED) is 0.685. The highest BCUT2D eigenvalue weighted by molar-refractivity contribution is 5.91. The second-order valence-electron chi connectivity index (χ2n) is 6.68. The van der Waals surface area contributed by atoms with Crippen LogP contribution >= 0.6 is 0 Å². The van der Waals surface area contributed by atoms with E-state index in [4.69, 9.17) is 0 Å². The van der Waals surface area contributed by atoms with Crippen LogP contribution in [0.5, 0.6) is 0 Å². The molecule has 27 heavy (non-hydrogen) atoms. The van der Waals surface area contributed by atoms with Crippen molar-refractivity contribution in [1.82, 2.24) is 15.2 Å². The predicted octanol–water partition coefficient (Wildman–Crippen LogP) is 4.20. The van der Waals surface area contributed by atoms with Gasteiger partial charge in [-0.05, 0) is 67.3 Å². The first kappa shape index (κ1) is 17.3. The Kier molecular flexibility index (Phi) is 4.66. The van der Waals surface area contributed by atoms with E-state index in [-0.39, 0.29) is 24.3 Å². The minimum Gasteiger partial charge on any atom is -0.326 e. The summed E-state index contributed by atoms with van der Waals surface area (Å²) < 4.78 is 26.8. The van der Waals surface area contributed by atoms with Crippen LogP contribution < -0.4 is 5.32 Å². The number of amides is 1. The summed E-state index contributed by atoms with van der Waals surface area (Å²) in [5, 5.41) is 9.95. The summed E-state index contributed by atoms with van der Waals surface area (Å²) in [4.78, 5) is 16.6. The Labute approximate surface area is 154 Å². The number of hydrogen-bond acceptors (Lipinski definition) is 3. The van der Waals surface area contributed by atoms with Crippen molar-refractivity contribution in [1.29, 1.82) is 0 Å². The number of aromatic nitrogens is 3. The summed E-state index contributed by atoms with van der Waals surface area (Å²) in [6.07, 6.45) is 2.50. The van der Waals surface area contributed by atoms with Gasteiger partial charge in [0.05, 0.1) is 0 Å². The molecular formula is C20H18F2N4O. The molecule has 1 fully saturated rings. The Morgan fingerprint density at radius 3 is 2.67 bits per heavy atom. The van der Waals surface area contributed by atoms with Crippen LogP contribution in [0, 0.1) is 11.6 Å². The fraction of sp³-hybridized carbons (Fsp3) is 0.250. The summed E-state index contributed by atoms with van der Waals surface area (Å²) in [6, 6.07) is 10.4. The van der Waals surface area contributed by atoms with Crippen molar-refractivity contribution in [2.24, 2.45) is 0 Å². The number of aryl methyl sites for hydroxylation is 1. The van der Waals surface area contributed by atoms with Crippen molar-refractivity contribution < 1.29 is 13.6 Å². The third-order valence-electron chi connectivity index (χ3n) is 4.52. The molecule has 0 radical (unpaired) electrons. The van der Waals surface area contributed by atoms with Gasteiger partial charge in [-0.15, -0.1) is 0 Å². The van der Waals surface area contributed by atoms with Crippen molar-refractivity contribution in [3.63, 3.8) is 0 Å². The van der Waals surface area contributed by atoms with E-state index >= 15 is 0 Å². The summed E-state index contributed by atoms with van der Waals surface area (Å²) in [5.74, 6) is 0.779. The lowest BCUT2D eigenvalue weighted by atomic mass is 10.1. The van der Waals surface area contributed by atoms with Gasteiger partial charge in [0.25, 0.3) is 0 Å². The van der Waals surface area contributed by atoms with Crippen LogP contribution in [0.15, 0.2) is 42.5 Å². The topological polar surface area (TPSA) is 70.7 Å². The monoisotopic (exact) mass is 368 g/mol. The summed E-state index contributed by atoms with van der Waals surface area (Å²) >= 11 is 0. The lowest BCUT2D eigenvalue weighted by Gasteiger charge is -2.07. The molecular weight excluding hydrogens is 350 g/mol. The number of nitrogens with zero attached hydrogens (tertiary/aromatic N) is 2. The largest absolute Gasteiger partial charge is 0.326 e. The van der Waals surface area contributed by atoms with Gasteiger partial charge in [-0.1, -0.05) is 0 Å². The first-order chi connectivity index (χ1) is 13.1. The summed E-state index contributed by atoms with van der Waals surface area (Å²) in [6.45, 7) is 0. The van der Waals surface area contributed by atoms with E-state index in [1.807, 2.05) is 12.1 Å². The lowest BCUT2D eigenvalue weighted by molar-refractivity contribution is -0.116. The minimum absolute atomic E-state index is 0.0633. The third kappa shape index (κ3) is 4.19. The molecule has 1 amide bonds. The van der Waals surface area contributed by atoms with Crippen LogP contribution in [0.4, 0.5) is 14.5 Å². The Morgan fingerprint density at radius 2 is 1.93 bits per heavy atom. The minimum atomic E-state index is -0.515. The van der Waals surface area contributed by atoms with E-state index in [0.29, 0.717) is 17.4 Å². The third-order valence-corrected chi connectivity index (χ3v) is 4.52. The Morgan fingerprint density at radius 1 is 1.15 bits per heavy atom. The highest BCUT2D eigenvalue weighted by Crippen LogP contribution is 2.38. The molecule has 0 saturated heterocycles. The van der Waals surface area contributed by atoms with Crippen LogP contribution in [-0.4, -0.2) is 21.1 Å². The van der Waals surface area contributed by atoms with Crippen LogP contribution in [0.2, 0.25) is 0 Å². The number of H-pyrrole nitrogens is 1. The van der Waals surface area contributed by atoms with E-state index in [2.05, 4.69) is 20.5 Å². The van der Waals surface area contributed by atoms with Gasteiger partial charge < -0.3 is 5.32 Å². The van der Waals surface area contributed by atoms with Crippen molar-refractivity contribution in [2.75, 3.05) is 5.32 Å². The van der Waals surface area contributed by atoms with Crippen molar-refractivity contribution in [3.8, 4) is 11.4 Å². The van der Waals surface area contributed by atoms with Crippen molar-refractivity contribution in [3.05, 3.63) is 65.5 Å². The van der Waals surface area contributed by atoms with Crippen LogP contribution in [0.1, 0.15) is 36.6 Å². The summed E-state index contributed by atoms with van der Waals surface area (Å²) in [5.41, 5.74) is 1.68. The number of rotatable bonds is 6. The Bertz CT molecular complexity index is 964. The molecule has 0 bridgehead atoms. The fourth-order valence-electron chi connectivity index (χ4n) is 2.85. The van der Waals surface area contributed by atoms with Crippen molar-refractivity contribution >= 4 is 11.6 Å². The molecule has 4 rings (SSSR count). The fourth-order valence-corrected chi connectivity index (χ4v) is 2.85. The molecule has 2 N–H and O–H groups in total. The van der Waals surface area contributed by atoms with Gasteiger partial charge in [-0.25, -0.2) is 13.8 Å². The second kappa shape index (κ2) is 7.26. The number of carbonyl (C=O) groups is 1. The molecule has 3 aromatic rings. The number of aromatic amines is 1. The lowest BCUT2D eigenvalue weighted by Crippen LogP contribution is -2.12. The number of halogens is 2. The molecule has 0 spiro atoms. The number of hydrogen-bond donors (Lipinski definition) is 2. The number of anilines is 1. The molecule has 1 aromatic heterocycles. The average molecular weight is 368 g/mol. The molecule has 1 aliphatic carbocycles. The van der Waals surface area contributed by atoms with Gasteiger partial charge in [0.15, 0.2) is 5.82 Å². The Balaban J connectivity index is 1.34. The van der Waals surface area contributed by atoms with Gasteiger partial charge in [0, 0.05) is 23.6 Å². The van der Waals surface area contributed by atoms with E-state index < -0.39 is 11.6 Å². The normalized spacial score (nSPS) is 13.6. The highest BCUT2D eigenvalue weighted by atomic mass is 19.1. The molecule has 1 heterocycles. The van der Waals surface area contributed by atoms with Gasteiger partial charge in [-0.3, -0.25) is 9.89 Å². The molecule has 0 atom stereocenters. The van der Waals surface area contributed by atoms with Crippen LogP contribution in [0.3, 0.4) is 0 Å². The maximum atomic E-state index is 13.6.